The van der Waals surface area contributed by atoms with Gasteiger partial charge in [0, 0.05) is 24.5 Å². The number of carbonyl (C=O) groups excluding carboxylic acids is 2. The quantitative estimate of drug-likeness (QED) is 0.269. The summed E-state index contributed by atoms with van der Waals surface area (Å²) in [7, 11) is 1.52. The molecule has 4 rings (SSSR count). The van der Waals surface area contributed by atoms with E-state index in [0.29, 0.717) is 41.6 Å². The monoisotopic (exact) mass is 488 g/mol. The molecule has 1 unspecified atom stereocenters. The fraction of sp³-hybridized carbons (Fsp3) is 0.250. The van der Waals surface area contributed by atoms with Crippen LogP contribution in [0.2, 0.25) is 0 Å². The van der Waals surface area contributed by atoms with Gasteiger partial charge in [-0.05, 0) is 67.4 Å². The zero-order valence-electron chi connectivity index (χ0n) is 20.4. The van der Waals surface area contributed by atoms with E-state index in [1.54, 1.807) is 60.9 Å². The van der Waals surface area contributed by atoms with Crippen molar-refractivity contribution >= 4 is 17.4 Å². The minimum atomic E-state index is -0.846. The SMILES string of the molecule is CCOc1ccc(/C(O)=C2\C(=O)C(=O)N(Cc3cccnc3)C2c2ccc(OCC)c(OC)c2)cc1. The number of hydrogen-bond donors (Lipinski definition) is 1. The molecule has 2 aromatic carbocycles. The van der Waals surface area contributed by atoms with Gasteiger partial charge < -0.3 is 24.2 Å². The fourth-order valence-electron chi connectivity index (χ4n) is 4.24. The maximum atomic E-state index is 13.3. The molecule has 36 heavy (non-hydrogen) atoms. The van der Waals surface area contributed by atoms with Crippen LogP contribution >= 0.6 is 0 Å². The second-order valence-electron chi connectivity index (χ2n) is 8.09. The van der Waals surface area contributed by atoms with Crippen molar-refractivity contribution in [2.75, 3.05) is 20.3 Å². The third-order valence-electron chi connectivity index (χ3n) is 5.86. The number of rotatable bonds is 9. The van der Waals surface area contributed by atoms with Crippen molar-refractivity contribution in [3.8, 4) is 17.2 Å². The van der Waals surface area contributed by atoms with E-state index in [4.69, 9.17) is 14.2 Å². The second-order valence-corrected chi connectivity index (χ2v) is 8.09. The number of ether oxygens (including phenoxy) is 3. The van der Waals surface area contributed by atoms with Gasteiger partial charge in [0.05, 0.1) is 31.9 Å². The number of amides is 1. The smallest absolute Gasteiger partial charge is 0.295 e. The standard InChI is InChI=1S/C28H28N2O6/c1-4-35-21-11-8-19(9-12-21)26(31)24-25(20-10-13-22(36-5-2)23(15-20)34-3)30(28(33)27(24)32)17-18-7-6-14-29-16-18/h6-16,25,31H,4-5,17H2,1-3H3/b26-24+. The molecule has 1 N–H and O–H groups in total. The molecule has 1 aliphatic heterocycles. The number of aliphatic hydroxyl groups is 1. The Kier molecular flexibility index (Phi) is 7.53. The maximum absolute atomic E-state index is 13.3. The van der Waals surface area contributed by atoms with Gasteiger partial charge >= 0.3 is 0 Å². The summed E-state index contributed by atoms with van der Waals surface area (Å²) in [6.07, 6.45) is 3.28. The Balaban J connectivity index is 1.85. The van der Waals surface area contributed by atoms with E-state index in [9.17, 15) is 14.7 Å². The van der Waals surface area contributed by atoms with Gasteiger partial charge in [0.15, 0.2) is 11.5 Å². The summed E-state index contributed by atoms with van der Waals surface area (Å²) in [6.45, 7) is 4.84. The molecule has 0 aliphatic carbocycles. The molecular formula is C28H28N2O6. The molecule has 1 fully saturated rings. The molecule has 0 spiro atoms. The predicted molar refractivity (Wildman–Crippen MR) is 134 cm³/mol. The van der Waals surface area contributed by atoms with Gasteiger partial charge in [-0.2, -0.15) is 0 Å². The lowest BCUT2D eigenvalue weighted by Crippen LogP contribution is -2.29. The Morgan fingerprint density at radius 1 is 1.00 bits per heavy atom. The highest BCUT2D eigenvalue weighted by molar-refractivity contribution is 6.46. The van der Waals surface area contributed by atoms with Crippen LogP contribution in [0.4, 0.5) is 0 Å². The number of aliphatic hydroxyl groups excluding tert-OH is 1. The van der Waals surface area contributed by atoms with Crippen molar-refractivity contribution in [1.29, 1.82) is 0 Å². The van der Waals surface area contributed by atoms with E-state index in [2.05, 4.69) is 4.98 Å². The van der Waals surface area contributed by atoms with Crippen LogP contribution in [0.5, 0.6) is 17.2 Å². The van der Waals surface area contributed by atoms with Gasteiger partial charge in [0.1, 0.15) is 11.5 Å². The molecule has 8 heteroatoms. The lowest BCUT2D eigenvalue weighted by atomic mass is 9.94. The molecule has 0 radical (unpaired) electrons. The molecular weight excluding hydrogens is 460 g/mol. The summed E-state index contributed by atoms with van der Waals surface area (Å²) in [6, 6.07) is 14.7. The Morgan fingerprint density at radius 2 is 1.75 bits per heavy atom. The van der Waals surface area contributed by atoms with Gasteiger partial charge in [-0.25, -0.2) is 0 Å². The number of Topliss-reactive ketones (excluding diaryl/α,β-unsaturated/α-hetero) is 1. The largest absolute Gasteiger partial charge is 0.507 e. The van der Waals surface area contributed by atoms with Crippen molar-refractivity contribution < 1.29 is 28.9 Å². The second kappa shape index (κ2) is 10.9. The van der Waals surface area contributed by atoms with Crippen molar-refractivity contribution in [1.82, 2.24) is 9.88 Å². The third-order valence-corrected chi connectivity index (χ3v) is 5.86. The molecule has 1 saturated heterocycles. The van der Waals surface area contributed by atoms with Crippen molar-refractivity contribution in [2.45, 2.75) is 26.4 Å². The van der Waals surface area contributed by atoms with Crippen LogP contribution in [0, 0.1) is 0 Å². The number of benzene rings is 2. The first-order valence-electron chi connectivity index (χ1n) is 11.7. The topological polar surface area (TPSA) is 98.2 Å². The van der Waals surface area contributed by atoms with E-state index in [0.717, 1.165) is 5.56 Å². The van der Waals surface area contributed by atoms with Gasteiger partial charge in [-0.3, -0.25) is 14.6 Å². The molecule has 1 amide bonds. The number of pyridine rings is 1. The van der Waals surface area contributed by atoms with Crippen LogP contribution in [-0.4, -0.2) is 47.0 Å². The molecule has 8 nitrogen and oxygen atoms in total. The molecule has 186 valence electrons. The summed E-state index contributed by atoms with van der Waals surface area (Å²) in [4.78, 5) is 32.1. The summed E-state index contributed by atoms with van der Waals surface area (Å²) in [5.74, 6) is -0.0870. The Labute approximate surface area is 209 Å². The van der Waals surface area contributed by atoms with Crippen LogP contribution in [0.25, 0.3) is 5.76 Å². The van der Waals surface area contributed by atoms with Crippen LogP contribution in [0.3, 0.4) is 0 Å². The minimum absolute atomic E-state index is 0.000682. The van der Waals surface area contributed by atoms with Crippen LogP contribution in [0.1, 0.15) is 36.6 Å². The van der Waals surface area contributed by atoms with Gasteiger partial charge in [-0.1, -0.05) is 12.1 Å². The molecule has 1 aromatic heterocycles. The number of ketones is 1. The van der Waals surface area contributed by atoms with Gasteiger partial charge in [-0.15, -0.1) is 0 Å². The predicted octanol–water partition coefficient (Wildman–Crippen LogP) is 4.51. The fourth-order valence-corrected chi connectivity index (χ4v) is 4.24. The number of methoxy groups -OCH3 is 1. The van der Waals surface area contributed by atoms with E-state index >= 15 is 0 Å². The van der Waals surface area contributed by atoms with E-state index in [1.165, 1.54) is 12.0 Å². The van der Waals surface area contributed by atoms with Gasteiger partial charge in [0.2, 0.25) is 0 Å². The summed E-state index contributed by atoms with van der Waals surface area (Å²) in [5.41, 5.74) is 1.76. The highest BCUT2D eigenvalue weighted by Gasteiger charge is 2.46. The van der Waals surface area contributed by atoms with Crippen molar-refractivity contribution in [2.24, 2.45) is 0 Å². The molecule has 0 saturated carbocycles. The number of likely N-dealkylation sites (tertiary alicyclic amines) is 1. The van der Waals surface area contributed by atoms with Crippen LogP contribution in [-0.2, 0) is 16.1 Å². The first-order valence-corrected chi connectivity index (χ1v) is 11.7. The number of hydrogen-bond acceptors (Lipinski definition) is 7. The zero-order chi connectivity index (χ0) is 25.7. The Bertz CT molecular complexity index is 1270. The molecule has 3 aromatic rings. The number of nitrogens with zero attached hydrogens (tertiary/aromatic N) is 2. The lowest BCUT2D eigenvalue weighted by molar-refractivity contribution is -0.140. The number of aromatic nitrogens is 1. The molecule has 1 aliphatic rings. The van der Waals surface area contributed by atoms with Crippen molar-refractivity contribution in [3.05, 3.63) is 89.3 Å². The average molecular weight is 489 g/mol. The van der Waals surface area contributed by atoms with Gasteiger partial charge in [0.25, 0.3) is 11.7 Å². The maximum Gasteiger partial charge on any atom is 0.295 e. The Morgan fingerprint density at radius 3 is 2.39 bits per heavy atom. The van der Waals surface area contributed by atoms with E-state index < -0.39 is 17.7 Å². The summed E-state index contributed by atoms with van der Waals surface area (Å²) in [5, 5.41) is 11.3. The molecule has 0 bridgehead atoms. The summed E-state index contributed by atoms with van der Waals surface area (Å²) < 4.78 is 16.6. The van der Waals surface area contributed by atoms with Crippen LogP contribution in [0.15, 0.2) is 72.6 Å². The molecule has 2 heterocycles. The summed E-state index contributed by atoms with van der Waals surface area (Å²) >= 11 is 0. The van der Waals surface area contributed by atoms with E-state index in [1.807, 2.05) is 19.9 Å². The van der Waals surface area contributed by atoms with Crippen molar-refractivity contribution in [3.63, 3.8) is 0 Å². The van der Waals surface area contributed by atoms with E-state index in [-0.39, 0.29) is 17.9 Å². The molecule has 1 atom stereocenters. The number of carbonyl (C=O) groups is 2. The normalized spacial score (nSPS) is 16.8. The highest BCUT2D eigenvalue weighted by Crippen LogP contribution is 2.42. The first-order chi connectivity index (χ1) is 17.5. The zero-order valence-corrected chi connectivity index (χ0v) is 20.4. The Hall–Kier alpha value is -4.33. The van der Waals surface area contributed by atoms with Crippen LogP contribution < -0.4 is 14.2 Å². The highest BCUT2D eigenvalue weighted by atomic mass is 16.5. The minimum Gasteiger partial charge on any atom is -0.507 e. The first kappa shape index (κ1) is 24.8. The lowest BCUT2D eigenvalue weighted by Gasteiger charge is -2.26. The third kappa shape index (κ3) is 4.88. The average Bonchev–Trinajstić information content (AvgIpc) is 3.15.